The summed E-state index contributed by atoms with van der Waals surface area (Å²) in [4.78, 5) is 27.6. The fourth-order valence-electron chi connectivity index (χ4n) is 4.11. The molecule has 0 unspecified atom stereocenters. The van der Waals surface area contributed by atoms with E-state index in [1.165, 1.54) is 12.8 Å². The maximum Gasteiger partial charge on any atom is 0.327 e. The number of benzene rings is 1. The molecule has 5 rings (SSSR count). The Bertz CT molecular complexity index is 1300. The number of aromatic amines is 1. The van der Waals surface area contributed by atoms with Gasteiger partial charge >= 0.3 is 5.97 Å². The van der Waals surface area contributed by atoms with Gasteiger partial charge in [-0.1, -0.05) is 35.9 Å². The number of nitrogens with zero attached hydrogens (tertiary/aromatic N) is 4. The Labute approximate surface area is 201 Å². The highest BCUT2D eigenvalue weighted by molar-refractivity contribution is 6.31. The second kappa shape index (κ2) is 9.54. The molecule has 2 N–H and O–H groups in total. The lowest BCUT2D eigenvalue weighted by Gasteiger charge is -2.12. The zero-order valence-electron chi connectivity index (χ0n) is 18.7. The first-order chi connectivity index (χ1) is 16.5. The number of aromatic nitrogens is 5. The second-order valence-electron chi connectivity index (χ2n) is 9.16. The molecule has 2 aliphatic rings. The molecule has 0 atom stereocenters. The van der Waals surface area contributed by atoms with Gasteiger partial charge in [-0.25, -0.2) is 0 Å². The van der Waals surface area contributed by atoms with Crippen LogP contribution in [-0.2, 0) is 24.2 Å². The Morgan fingerprint density at radius 1 is 1.18 bits per heavy atom. The van der Waals surface area contributed by atoms with Crippen LogP contribution in [0.1, 0.15) is 66.2 Å². The summed E-state index contributed by atoms with van der Waals surface area (Å²) in [6.45, 7) is -0.317. The molecule has 0 amide bonds. The van der Waals surface area contributed by atoms with Gasteiger partial charge in [-0.15, -0.1) is 10.2 Å². The molecule has 2 saturated carbocycles. The monoisotopic (exact) mass is 479 g/mol. The Kier molecular flexibility index (Phi) is 6.32. The molecule has 0 spiro atoms. The number of carbonyl (C=O) groups is 1. The molecule has 0 bridgehead atoms. The van der Waals surface area contributed by atoms with Crippen LogP contribution in [0.15, 0.2) is 41.2 Å². The molecule has 0 radical (unpaired) electrons. The average Bonchev–Trinajstić information content (AvgIpc) is 3.73. The summed E-state index contributed by atoms with van der Waals surface area (Å²) in [7, 11) is 0. The number of pyridine rings is 1. The van der Waals surface area contributed by atoms with Crippen LogP contribution in [0.5, 0.6) is 0 Å². The molecule has 2 fully saturated rings. The van der Waals surface area contributed by atoms with Gasteiger partial charge in [-0.05, 0) is 78.8 Å². The number of carboxylic acids is 1. The van der Waals surface area contributed by atoms with Crippen LogP contribution < -0.4 is 5.56 Å². The van der Waals surface area contributed by atoms with E-state index in [1.807, 2.05) is 30.3 Å². The summed E-state index contributed by atoms with van der Waals surface area (Å²) in [6, 6.07) is 9.94. The Hall–Kier alpha value is -3.26. The lowest BCUT2D eigenvalue weighted by molar-refractivity contribution is -0.138. The smallest absolute Gasteiger partial charge is 0.327 e. The Morgan fingerprint density at radius 2 is 2.00 bits per heavy atom. The minimum absolute atomic E-state index is 0.00323. The normalized spacial score (nSPS) is 16.1. The molecule has 8 nitrogen and oxygen atoms in total. The van der Waals surface area contributed by atoms with Crippen molar-refractivity contribution in [1.82, 2.24) is 25.2 Å². The maximum atomic E-state index is 12.6. The van der Waals surface area contributed by atoms with Crippen LogP contribution in [-0.4, -0.2) is 36.3 Å². The van der Waals surface area contributed by atoms with Crippen LogP contribution in [0.4, 0.5) is 0 Å². The van der Waals surface area contributed by atoms with Crippen LogP contribution >= 0.6 is 11.6 Å². The molecular weight excluding hydrogens is 454 g/mol. The second-order valence-corrected chi connectivity index (χ2v) is 9.57. The summed E-state index contributed by atoms with van der Waals surface area (Å²) in [5, 5.41) is 21.2. The van der Waals surface area contributed by atoms with E-state index in [1.54, 1.807) is 0 Å². The van der Waals surface area contributed by atoms with Gasteiger partial charge in [0.05, 0.1) is 0 Å². The average molecular weight is 480 g/mol. The molecule has 0 saturated heterocycles. The van der Waals surface area contributed by atoms with Crippen LogP contribution in [0, 0.1) is 5.92 Å². The van der Waals surface area contributed by atoms with Crippen molar-refractivity contribution < 1.29 is 9.90 Å². The van der Waals surface area contributed by atoms with Gasteiger partial charge in [-0.3, -0.25) is 9.59 Å². The zero-order valence-corrected chi connectivity index (χ0v) is 19.5. The van der Waals surface area contributed by atoms with Gasteiger partial charge in [0.1, 0.15) is 0 Å². The van der Waals surface area contributed by atoms with Crippen molar-refractivity contribution in [1.29, 1.82) is 0 Å². The first-order valence-electron chi connectivity index (χ1n) is 11.7. The third-order valence-corrected chi connectivity index (χ3v) is 6.70. The van der Waals surface area contributed by atoms with Crippen molar-refractivity contribution in [3.05, 3.63) is 80.0 Å². The molecular formula is C25H26ClN5O3. The highest BCUT2D eigenvalue weighted by atomic mass is 35.5. The fourth-order valence-corrected chi connectivity index (χ4v) is 4.38. The molecule has 176 valence electrons. The Morgan fingerprint density at radius 3 is 2.68 bits per heavy atom. The predicted octanol–water partition coefficient (Wildman–Crippen LogP) is 3.99. The van der Waals surface area contributed by atoms with Crippen molar-refractivity contribution in [2.24, 2.45) is 5.92 Å². The number of aryl methyl sites for hydroxylation is 2. The third-order valence-electron chi connectivity index (χ3n) is 6.35. The number of hydrogen-bond donors (Lipinski definition) is 2. The molecule has 2 aromatic heterocycles. The summed E-state index contributed by atoms with van der Waals surface area (Å²) in [6.07, 6.45) is 9.00. The third kappa shape index (κ3) is 5.44. The van der Waals surface area contributed by atoms with E-state index in [4.69, 9.17) is 16.7 Å². The summed E-state index contributed by atoms with van der Waals surface area (Å²) in [5.41, 5.74) is 4.61. The molecule has 1 aromatic carbocycles. The quantitative estimate of drug-likeness (QED) is 0.454. The molecule has 2 heterocycles. The lowest BCUT2D eigenvalue weighted by Crippen LogP contribution is -2.13. The van der Waals surface area contributed by atoms with E-state index in [0.29, 0.717) is 29.6 Å². The van der Waals surface area contributed by atoms with Crippen molar-refractivity contribution in [2.45, 2.75) is 57.4 Å². The number of nitrogens with one attached hydrogen (secondary N) is 1. The van der Waals surface area contributed by atoms with Crippen molar-refractivity contribution in [3.63, 3.8) is 0 Å². The number of carboxylic acid groups (broad SMARTS) is 1. The predicted molar refractivity (Wildman–Crippen MR) is 128 cm³/mol. The number of halogens is 1. The number of aliphatic carboxylic acids is 1. The van der Waals surface area contributed by atoms with E-state index in [-0.39, 0.29) is 12.1 Å². The van der Waals surface area contributed by atoms with E-state index >= 15 is 0 Å². The van der Waals surface area contributed by atoms with Gasteiger partial charge < -0.3 is 10.1 Å². The minimum atomic E-state index is -1.02. The number of rotatable bonds is 10. The van der Waals surface area contributed by atoms with Crippen LogP contribution in [0.2, 0.25) is 5.02 Å². The van der Waals surface area contributed by atoms with Crippen LogP contribution in [0.3, 0.4) is 0 Å². The lowest BCUT2D eigenvalue weighted by atomic mass is 9.97. The van der Waals surface area contributed by atoms with E-state index in [9.17, 15) is 9.59 Å². The molecule has 9 heteroatoms. The van der Waals surface area contributed by atoms with Gasteiger partial charge in [-0.2, -0.15) is 4.80 Å². The van der Waals surface area contributed by atoms with Crippen molar-refractivity contribution in [2.75, 3.05) is 0 Å². The van der Waals surface area contributed by atoms with Gasteiger partial charge in [0, 0.05) is 28.3 Å². The van der Waals surface area contributed by atoms with Crippen molar-refractivity contribution >= 4 is 23.1 Å². The molecule has 2 aliphatic carbocycles. The number of H-pyrrole nitrogens is 1. The zero-order chi connectivity index (χ0) is 23.7. The number of hydrogen-bond acceptors (Lipinski definition) is 5. The Balaban J connectivity index is 1.35. The number of tetrazole rings is 1. The van der Waals surface area contributed by atoms with Gasteiger partial charge in [0.15, 0.2) is 12.4 Å². The summed E-state index contributed by atoms with van der Waals surface area (Å²) < 4.78 is 0. The fraction of sp³-hybridized carbons (Fsp3) is 0.400. The standard InChI is InChI=1S/C25H26ClN5O3/c26-21-13-18(7-6-17(21)8-12-23-28-30-31(29-23)14-24(32)33)19(9-3-15-1-2-15)22-11-10-20(16-4-5-16)25(34)27-22/h6-7,9-11,13,15-16H,1-5,8,12,14H2,(H,27,34)(H,32,33)/b19-9+. The highest BCUT2D eigenvalue weighted by Crippen LogP contribution is 2.39. The first-order valence-corrected chi connectivity index (χ1v) is 12.0. The van der Waals surface area contributed by atoms with Crippen LogP contribution in [0.25, 0.3) is 5.57 Å². The number of allylic oxidation sites excluding steroid dienone is 1. The molecule has 34 heavy (non-hydrogen) atoms. The summed E-state index contributed by atoms with van der Waals surface area (Å²) >= 11 is 6.64. The van der Waals surface area contributed by atoms with Gasteiger partial charge in [0.25, 0.3) is 5.56 Å². The van der Waals surface area contributed by atoms with E-state index in [2.05, 4.69) is 26.5 Å². The van der Waals surface area contributed by atoms with E-state index in [0.717, 1.165) is 57.9 Å². The topological polar surface area (TPSA) is 114 Å². The largest absolute Gasteiger partial charge is 0.480 e. The first kappa shape index (κ1) is 22.5. The summed E-state index contributed by atoms with van der Waals surface area (Å²) in [5.74, 6) is 0.589. The minimum Gasteiger partial charge on any atom is -0.480 e. The van der Waals surface area contributed by atoms with Gasteiger partial charge in [0.2, 0.25) is 0 Å². The molecule has 0 aliphatic heterocycles. The van der Waals surface area contributed by atoms with Crippen molar-refractivity contribution in [3.8, 4) is 0 Å². The highest BCUT2D eigenvalue weighted by Gasteiger charge is 2.26. The van der Waals surface area contributed by atoms with E-state index < -0.39 is 5.97 Å². The maximum absolute atomic E-state index is 12.6. The SMILES string of the molecule is O=C(O)Cn1nnc(CCc2ccc(/C(=C\CC3CC3)c3ccc(C4CC4)c(=O)[nH]3)cc2Cl)n1. The molecule has 3 aromatic rings.